The van der Waals surface area contributed by atoms with Crippen molar-refractivity contribution in [3.63, 3.8) is 0 Å². The molecule has 0 radical (unpaired) electrons. The Hall–Kier alpha value is -1.88. The number of rotatable bonds is 6. The summed E-state index contributed by atoms with van der Waals surface area (Å²) in [6.45, 7) is 5.58. The molecule has 0 aliphatic carbocycles. The third-order valence-electron chi connectivity index (χ3n) is 4.29. The number of unbranched alkanes of at least 4 members (excludes halogenated alkanes) is 1. The van der Waals surface area contributed by atoms with Crippen molar-refractivity contribution in [2.45, 2.75) is 64.2 Å². The van der Waals surface area contributed by atoms with Gasteiger partial charge in [0, 0.05) is 0 Å². The molecular weight excluding hydrogens is 294 g/mol. The van der Waals surface area contributed by atoms with Crippen LogP contribution in [0.3, 0.4) is 0 Å². The predicted octanol–water partition coefficient (Wildman–Crippen LogP) is 2.91. The minimum Gasteiger partial charge on any atom is -0.441 e. The van der Waals surface area contributed by atoms with Crippen LogP contribution in [0.5, 0.6) is 0 Å². The number of aliphatic hydroxyl groups excluding tert-OH is 1. The molecule has 2 amide bonds. The maximum Gasteiger partial charge on any atom is 0.417 e. The van der Waals surface area contributed by atoms with Crippen molar-refractivity contribution in [1.29, 1.82) is 0 Å². The van der Waals surface area contributed by atoms with Crippen molar-refractivity contribution in [2.75, 3.05) is 0 Å². The van der Waals surface area contributed by atoms with Crippen LogP contribution in [-0.2, 0) is 16.0 Å². The first kappa shape index (κ1) is 17.5. The van der Waals surface area contributed by atoms with Crippen molar-refractivity contribution in [3.05, 3.63) is 35.9 Å². The van der Waals surface area contributed by atoms with E-state index in [9.17, 15) is 14.7 Å². The lowest BCUT2D eigenvalue weighted by atomic mass is 9.91. The van der Waals surface area contributed by atoms with Gasteiger partial charge in [0.25, 0.3) is 5.91 Å². The Bertz CT molecular complexity index is 555. The molecule has 1 N–H and O–H groups in total. The number of carbonyl (C=O) groups is 2. The summed E-state index contributed by atoms with van der Waals surface area (Å²) in [6.07, 6.45) is 0.658. The summed E-state index contributed by atoms with van der Waals surface area (Å²) < 4.78 is 5.38. The number of cyclic esters (lactones) is 1. The molecule has 1 aromatic carbocycles. The number of nitrogens with zero attached hydrogens (tertiary/aromatic N) is 1. The number of hydrogen-bond donors (Lipinski definition) is 1. The van der Waals surface area contributed by atoms with Crippen LogP contribution in [0.4, 0.5) is 4.79 Å². The zero-order chi connectivity index (χ0) is 17.0. The standard InChI is InChI=1S/C18H25NO4/c1-4-5-11-14(20)16(21)19-15(18(2,3)23-17(19)22)12-13-9-7-6-8-10-13/h6-10,14-15,20H,4-5,11-12H2,1-3H3/t14-,15-/m0/s1. The topological polar surface area (TPSA) is 66.8 Å². The first-order chi connectivity index (χ1) is 10.9. The van der Waals surface area contributed by atoms with Crippen LogP contribution in [0.15, 0.2) is 30.3 Å². The number of aliphatic hydroxyl groups is 1. The molecule has 1 aliphatic rings. The van der Waals surface area contributed by atoms with Gasteiger partial charge in [-0.15, -0.1) is 0 Å². The highest BCUT2D eigenvalue weighted by atomic mass is 16.6. The van der Waals surface area contributed by atoms with Gasteiger partial charge in [0.15, 0.2) is 0 Å². The molecular formula is C18H25NO4. The molecule has 1 heterocycles. The van der Waals surface area contributed by atoms with E-state index < -0.39 is 29.7 Å². The highest BCUT2D eigenvalue weighted by molar-refractivity contribution is 5.96. The molecule has 126 valence electrons. The molecule has 1 saturated heterocycles. The quantitative estimate of drug-likeness (QED) is 0.875. The number of imide groups is 1. The van der Waals surface area contributed by atoms with Crippen LogP contribution in [0.2, 0.25) is 0 Å². The van der Waals surface area contributed by atoms with Crippen LogP contribution in [0, 0.1) is 0 Å². The highest BCUT2D eigenvalue weighted by Crippen LogP contribution is 2.32. The largest absolute Gasteiger partial charge is 0.441 e. The predicted molar refractivity (Wildman–Crippen MR) is 86.9 cm³/mol. The van der Waals surface area contributed by atoms with Gasteiger partial charge in [-0.1, -0.05) is 50.1 Å². The van der Waals surface area contributed by atoms with E-state index in [2.05, 4.69) is 0 Å². The van der Waals surface area contributed by atoms with Gasteiger partial charge < -0.3 is 9.84 Å². The van der Waals surface area contributed by atoms with E-state index in [4.69, 9.17) is 4.74 Å². The van der Waals surface area contributed by atoms with E-state index in [1.807, 2.05) is 37.3 Å². The van der Waals surface area contributed by atoms with E-state index in [0.29, 0.717) is 12.8 Å². The van der Waals surface area contributed by atoms with Crippen LogP contribution in [-0.4, -0.2) is 39.8 Å². The fraction of sp³-hybridized carbons (Fsp3) is 0.556. The zero-order valence-electron chi connectivity index (χ0n) is 14.0. The van der Waals surface area contributed by atoms with Gasteiger partial charge in [0.05, 0.1) is 6.04 Å². The summed E-state index contributed by atoms with van der Waals surface area (Å²) in [5.74, 6) is -0.560. The summed E-state index contributed by atoms with van der Waals surface area (Å²) in [5.41, 5.74) is 0.234. The summed E-state index contributed by atoms with van der Waals surface area (Å²) in [7, 11) is 0. The van der Waals surface area contributed by atoms with E-state index in [1.165, 1.54) is 0 Å². The van der Waals surface area contributed by atoms with E-state index in [1.54, 1.807) is 13.8 Å². The molecule has 23 heavy (non-hydrogen) atoms. The van der Waals surface area contributed by atoms with Gasteiger partial charge >= 0.3 is 6.09 Å². The number of hydrogen-bond acceptors (Lipinski definition) is 4. The monoisotopic (exact) mass is 319 g/mol. The first-order valence-electron chi connectivity index (χ1n) is 8.15. The summed E-state index contributed by atoms with van der Waals surface area (Å²) in [6, 6.07) is 9.23. The molecule has 0 aromatic heterocycles. The van der Waals surface area contributed by atoms with E-state index in [-0.39, 0.29) is 0 Å². The van der Waals surface area contributed by atoms with E-state index >= 15 is 0 Å². The normalized spacial score (nSPS) is 21.1. The lowest BCUT2D eigenvalue weighted by Gasteiger charge is -2.29. The molecule has 0 saturated carbocycles. The van der Waals surface area contributed by atoms with Crippen LogP contribution in [0.25, 0.3) is 0 Å². The second kappa shape index (κ2) is 7.13. The van der Waals surface area contributed by atoms with Crippen molar-refractivity contribution in [2.24, 2.45) is 0 Å². The summed E-state index contributed by atoms with van der Waals surface area (Å²) >= 11 is 0. The van der Waals surface area contributed by atoms with Gasteiger partial charge in [0.1, 0.15) is 11.7 Å². The van der Waals surface area contributed by atoms with Crippen molar-refractivity contribution >= 4 is 12.0 Å². The van der Waals surface area contributed by atoms with Crippen LogP contribution < -0.4 is 0 Å². The molecule has 2 atom stereocenters. The van der Waals surface area contributed by atoms with Gasteiger partial charge in [-0.25, -0.2) is 9.69 Å². The van der Waals surface area contributed by atoms with Crippen LogP contribution >= 0.6 is 0 Å². The average molecular weight is 319 g/mol. The minimum absolute atomic E-state index is 0.359. The molecule has 2 rings (SSSR count). The SMILES string of the molecule is CCCC[C@H](O)C(=O)N1C(=O)OC(C)(C)[C@@H]1Cc1ccccc1. The maximum atomic E-state index is 12.5. The Morgan fingerprint density at radius 3 is 2.61 bits per heavy atom. The lowest BCUT2D eigenvalue weighted by molar-refractivity contribution is -0.138. The van der Waals surface area contributed by atoms with E-state index in [0.717, 1.165) is 23.3 Å². The van der Waals surface area contributed by atoms with Gasteiger partial charge in [-0.2, -0.15) is 0 Å². The summed E-state index contributed by atoms with van der Waals surface area (Å²) in [4.78, 5) is 25.8. The number of carbonyl (C=O) groups excluding carboxylic acids is 2. The molecule has 1 aromatic rings. The third kappa shape index (κ3) is 3.91. The molecule has 1 aliphatic heterocycles. The number of benzene rings is 1. The molecule has 5 heteroatoms. The second-order valence-corrected chi connectivity index (χ2v) is 6.54. The fourth-order valence-corrected chi connectivity index (χ4v) is 2.88. The minimum atomic E-state index is -1.16. The zero-order valence-corrected chi connectivity index (χ0v) is 14.0. The molecule has 1 fully saturated rings. The Morgan fingerprint density at radius 2 is 2.00 bits per heavy atom. The van der Waals surface area contributed by atoms with Gasteiger partial charge in [-0.05, 0) is 32.3 Å². The number of amides is 2. The smallest absolute Gasteiger partial charge is 0.417 e. The second-order valence-electron chi connectivity index (χ2n) is 6.54. The lowest BCUT2D eigenvalue weighted by Crippen LogP contribution is -2.49. The molecule has 0 bridgehead atoms. The Labute approximate surface area is 137 Å². The van der Waals surface area contributed by atoms with Crippen molar-refractivity contribution in [3.8, 4) is 0 Å². The van der Waals surface area contributed by atoms with Gasteiger partial charge in [0.2, 0.25) is 0 Å². The Balaban J connectivity index is 2.20. The highest BCUT2D eigenvalue weighted by Gasteiger charge is 2.51. The van der Waals surface area contributed by atoms with Crippen LogP contribution in [0.1, 0.15) is 45.6 Å². The summed E-state index contributed by atoms with van der Waals surface area (Å²) in [5, 5.41) is 10.1. The van der Waals surface area contributed by atoms with Crippen molar-refractivity contribution < 1.29 is 19.4 Å². The van der Waals surface area contributed by atoms with Gasteiger partial charge in [-0.3, -0.25) is 4.79 Å². The Morgan fingerprint density at radius 1 is 1.35 bits per heavy atom. The molecule has 0 unspecified atom stereocenters. The molecule has 5 nitrogen and oxygen atoms in total. The number of ether oxygens (including phenoxy) is 1. The maximum absolute atomic E-state index is 12.5. The fourth-order valence-electron chi connectivity index (χ4n) is 2.88. The third-order valence-corrected chi connectivity index (χ3v) is 4.29. The Kier molecular flexibility index (Phi) is 5.42. The van der Waals surface area contributed by atoms with Crippen molar-refractivity contribution in [1.82, 2.24) is 4.90 Å². The average Bonchev–Trinajstić information content (AvgIpc) is 2.74. The first-order valence-corrected chi connectivity index (χ1v) is 8.15. The molecule has 0 spiro atoms.